The molecule has 0 spiro atoms. The molecule has 2 amide bonds. The molecule has 26 heavy (non-hydrogen) atoms. The molecule has 1 unspecified atom stereocenters. The number of hydrogen-bond donors (Lipinski definition) is 6. The van der Waals surface area contributed by atoms with E-state index in [0.717, 1.165) is 6.07 Å². The van der Waals surface area contributed by atoms with Gasteiger partial charge in [-0.05, 0) is 37.5 Å². The quantitative estimate of drug-likeness (QED) is 0.289. The summed E-state index contributed by atoms with van der Waals surface area (Å²) in [5, 5.41) is 13.3. The van der Waals surface area contributed by atoms with Crippen molar-refractivity contribution in [3.63, 3.8) is 0 Å². The van der Waals surface area contributed by atoms with Gasteiger partial charge in [0.15, 0.2) is 0 Å². The van der Waals surface area contributed by atoms with Crippen molar-refractivity contribution in [2.45, 2.75) is 33.2 Å². The van der Waals surface area contributed by atoms with Gasteiger partial charge in [0, 0.05) is 11.4 Å². The predicted molar refractivity (Wildman–Crippen MR) is 105 cm³/mol. The van der Waals surface area contributed by atoms with Gasteiger partial charge in [0.1, 0.15) is 11.9 Å². The minimum atomic E-state index is -0.960. The van der Waals surface area contributed by atoms with Crippen LogP contribution in [0.3, 0.4) is 0 Å². The number of carbonyl (C=O) groups is 2. The molecule has 142 valence electrons. The topological polar surface area (TPSA) is 134 Å². The van der Waals surface area contributed by atoms with E-state index in [-0.39, 0.29) is 33.6 Å². The molecular weight excluding hydrogens is 357 g/mol. The Kier molecular flexibility index (Phi) is 7.63. The Hall–Kier alpha value is -2.55. The van der Waals surface area contributed by atoms with Crippen LogP contribution in [0.5, 0.6) is 0 Å². The zero-order valence-corrected chi connectivity index (χ0v) is 15.8. The van der Waals surface area contributed by atoms with E-state index in [9.17, 15) is 14.0 Å². The number of amides is 2. The predicted octanol–water partition coefficient (Wildman–Crippen LogP) is 2.46. The minimum Gasteiger partial charge on any atom is -0.374 e. The van der Waals surface area contributed by atoms with Gasteiger partial charge in [0.05, 0.1) is 16.3 Å². The number of nitrogens with two attached hydrogens (primary N) is 2. The summed E-state index contributed by atoms with van der Waals surface area (Å²) in [6, 6.07) is 1.81. The summed E-state index contributed by atoms with van der Waals surface area (Å²) in [5.41, 5.74) is 10.8. The summed E-state index contributed by atoms with van der Waals surface area (Å²) in [7, 11) is 0. The molecule has 1 aromatic rings. The molecule has 0 saturated heterocycles. The van der Waals surface area contributed by atoms with Crippen molar-refractivity contribution >= 4 is 41.5 Å². The first-order valence-electron chi connectivity index (χ1n) is 7.93. The first kappa shape index (κ1) is 21.5. The Labute approximate surface area is 157 Å². The van der Waals surface area contributed by atoms with Crippen molar-refractivity contribution in [2.75, 3.05) is 10.6 Å². The largest absolute Gasteiger partial charge is 0.374 e. The molecule has 7 nitrogen and oxygen atoms in total. The van der Waals surface area contributed by atoms with Crippen LogP contribution in [0.4, 0.5) is 15.8 Å². The molecular formula is C17H24FN5O2S. The lowest BCUT2D eigenvalue weighted by molar-refractivity contribution is -0.119. The lowest BCUT2D eigenvalue weighted by Crippen LogP contribution is -2.36. The standard InChI is InChI=1S/C17H24FN5O2S/c1-8(2)4-13(16(20)24)22-10-6-11(18)15(17(21)25)12(7-10)23-14(26)5-9(3)19/h5-8,13,19,22-23,26H,4H2,1-3H3,(H2,20,24)(H2,21,25)/b14-5-,19-9?. The Morgan fingerprint density at radius 3 is 2.42 bits per heavy atom. The number of allylic oxidation sites excluding steroid dienone is 1. The van der Waals surface area contributed by atoms with E-state index in [2.05, 4.69) is 23.3 Å². The average molecular weight is 381 g/mol. The highest BCUT2D eigenvalue weighted by Gasteiger charge is 2.20. The Balaban J connectivity index is 3.29. The fraction of sp³-hybridized carbons (Fsp3) is 0.353. The summed E-state index contributed by atoms with van der Waals surface area (Å²) >= 11 is 4.15. The molecule has 0 aliphatic rings. The molecule has 0 heterocycles. The average Bonchev–Trinajstić information content (AvgIpc) is 2.43. The number of rotatable bonds is 9. The van der Waals surface area contributed by atoms with Crippen molar-refractivity contribution in [3.05, 3.63) is 34.6 Å². The number of benzene rings is 1. The van der Waals surface area contributed by atoms with Crippen molar-refractivity contribution in [1.82, 2.24) is 0 Å². The van der Waals surface area contributed by atoms with Crippen molar-refractivity contribution in [3.8, 4) is 0 Å². The van der Waals surface area contributed by atoms with Crippen LogP contribution in [0.2, 0.25) is 0 Å². The lowest BCUT2D eigenvalue weighted by atomic mass is 10.0. The normalized spacial score (nSPS) is 12.6. The lowest BCUT2D eigenvalue weighted by Gasteiger charge is -2.20. The zero-order chi connectivity index (χ0) is 20.0. The van der Waals surface area contributed by atoms with E-state index in [1.165, 1.54) is 19.1 Å². The summed E-state index contributed by atoms with van der Waals surface area (Å²) in [5.74, 6) is -2.19. The molecule has 0 aliphatic carbocycles. The van der Waals surface area contributed by atoms with Crippen LogP contribution in [0.25, 0.3) is 0 Å². The van der Waals surface area contributed by atoms with E-state index in [1.807, 2.05) is 13.8 Å². The smallest absolute Gasteiger partial charge is 0.253 e. The molecule has 9 heteroatoms. The maximum absolute atomic E-state index is 14.4. The third kappa shape index (κ3) is 6.40. The number of nitrogens with one attached hydrogen (secondary N) is 3. The molecule has 0 fully saturated rings. The minimum absolute atomic E-state index is 0.0651. The van der Waals surface area contributed by atoms with Crippen molar-refractivity contribution < 1.29 is 14.0 Å². The van der Waals surface area contributed by atoms with Gasteiger partial charge >= 0.3 is 0 Å². The fourth-order valence-electron chi connectivity index (χ4n) is 2.34. The molecule has 0 saturated carbocycles. The number of anilines is 2. The molecule has 0 aromatic heterocycles. The van der Waals surface area contributed by atoms with E-state index < -0.39 is 23.7 Å². The highest BCUT2D eigenvalue weighted by Crippen LogP contribution is 2.27. The molecule has 1 aromatic carbocycles. The zero-order valence-electron chi connectivity index (χ0n) is 14.9. The first-order chi connectivity index (χ1) is 12.0. The van der Waals surface area contributed by atoms with Crippen LogP contribution in [0.15, 0.2) is 23.2 Å². The summed E-state index contributed by atoms with van der Waals surface area (Å²) < 4.78 is 14.4. The number of thiol groups is 1. The van der Waals surface area contributed by atoms with Gasteiger partial charge in [-0.1, -0.05) is 13.8 Å². The Morgan fingerprint density at radius 1 is 1.35 bits per heavy atom. The molecule has 1 rings (SSSR count). The summed E-state index contributed by atoms with van der Waals surface area (Å²) in [4.78, 5) is 23.2. The monoisotopic (exact) mass is 381 g/mol. The van der Waals surface area contributed by atoms with Gasteiger partial charge in [0.2, 0.25) is 5.91 Å². The van der Waals surface area contributed by atoms with Crippen LogP contribution in [-0.2, 0) is 4.79 Å². The van der Waals surface area contributed by atoms with Crippen LogP contribution < -0.4 is 22.1 Å². The number of hydrogen-bond acceptors (Lipinski definition) is 6. The highest BCUT2D eigenvalue weighted by atomic mass is 32.1. The van der Waals surface area contributed by atoms with Gasteiger partial charge < -0.3 is 27.5 Å². The third-order valence-corrected chi connectivity index (χ3v) is 3.58. The second kappa shape index (κ2) is 9.23. The third-order valence-electron chi connectivity index (χ3n) is 3.34. The Morgan fingerprint density at radius 2 is 1.96 bits per heavy atom. The van der Waals surface area contributed by atoms with Crippen LogP contribution >= 0.6 is 12.6 Å². The van der Waals surface area contributed by atoms with Gasteiger partial charge in [0.25, 0.3) is 5.91 Å². The fourth-order valence-corrected chi connectivity index (χ4v) is 2.65. The second-order valence-corrected chi connectivity index (χ2v) is 6.79. The first-order valence-corrected chi connectivity index (χ1v) is 8.38. The SMILES string of the molecule is CC(=N)/C=C(\S)Nc1cc(NC(CC(C)C)C(N)=O)cc(F)c1C(N)=O. The van der Waals surface area contributed by atoms with E-state index in [4.69, 9.17) is 16.9 Å². The molecule has 1 atom stereocenters. The van der Waals surface area contributed by atoms with Crippen LogP contribution in [-0.4, -0.2) is 23.6 Å². The molecule has 7 N–H and O–H groups in total. The van der Waals surface area contributed by atoms with E-state index in [0.29, 0.717) is 6.42 Å². The summed E-state index contributed by atoms with van der Waals surface area (Å²) in [6.07, 6.45) is 1.85. The molecule has 0 bridgehead atoms. The van der Waals surface area contributed by atoms with Gasteiger partial charge in [-0.25, -0.2) is 4.39 Å². The van der Waals surface area contributed by atoms with Crippen molar-refractivity contribution in [2.24, 2.45) is 17.4 Å². The van der Waals surface area contributed by atoms with E-state index in [1.54, 1.807) is 0 Å². The van der Waals surface area contributed by atoms with Crippen molar-refractivity contribution in [1.29, 1.82) is 5.41 Å². The second-order valence-electron chi connectivity index (χ2n) is 6.31. The van der Waals surface area contributed by atoms with Gasteiger partial charge in [-0.2, -0.15) is 0 Å². The highest BCUT2D eigenvalue weighted by molar-refractivity contribution is 7.84. The molecule has 0 aliphatic heterocycles. The van der Waals surface area contributed by atoms with Crippen LogP contribution in [0.1, 0.15) is 37.6 Å². The Bertz CT molecular complexity index is 749. The number of carbonyl (C=O) groups excluding carboxylic acids is 2. The van der Waals surface area contributed by atoms with Crippen LogP contribution in [0, 0.1) is 17.1 Å². The summed E-state index contributed by atoms with van der Waals surface area (Å²) in [6.45, 7) is 5.40. The number of halogens is 1. The van der Waals surface area contributed by atoms with Gasteiger partial charge in [-0.15, -0.1) is 12.6 Å². The maximum Gasteiger partial charge on any atom is 0.253 e. The number of primary amides is 2. The molecule has 0 radical (unpaired) electrons. The maximum atomic E-state index is 14.4. The van der Waals surface area contributed by atoms with Gasteiger partial charge in [-0.3, -0.25) is 9.59 Å². The van der Waals surface area contributed by atoms with E-state index >= 15 is 0 Å².